The van der Waals surface area contributed by atoms with Crippen LogP contribution >= 0.6 is 11.6 Å². The first-order chi connectivity index (χ1) is 7.99. The van der Waals surface area contributed by atoms with Crippen LogP contribution in [0.25, 0.3) is 0 Å². The maximum Gasteiger partial charge on any atom is 0.248 e. The van der Waals surface area contributed by atoms with Gasteiger partial charge < -0.3 is 5.73 Å². The predicted molar refractivity (Wildman–Crippen MR) is 63.4 cm³/mol. The fourth-order valence-corrected chi connectivity index (χ4v) is 2.80. The average molecular weight is 261 g/mol. The van der Waals surface area contributed by atoms with Crippen molar-refractivity contribution in [3.63, 3.8) is 0 Å². The molecule has 17 heavy (non-hydrogen) atoms. The van der Waals surface area contributed by atoms with Gasteiger partial charge in [-0.2, -0.15) is 0 Å². The fraction of sp³-hybridized carbons (Fsp3) is 0.583. The van der Waals surface area contributed by atoms with Crippen LogP contribution in [0.15, 0.2) is 18.5 Å². The highest BCUT2D eigenvalue weighted by molar-refractivity contribution is 6.31. The average Bonchev–Trinajstić information content (AvgIpc) is 2.31. The summed E-state index contributed by atoms with van der Waals surface area (Å²) in [4.78, 5) is 3.91. The second kappa shape index (κ2) is 4.50. The molecular formula is C12H15ClF2N2. The van der Waals surface area contributed by atoms with E-state index in [-0.39, 0.29) is 12.8 Å². The Labute approximate surface area is 104 Å². The van der Waals surface area contributed by atoms with Gasteiger partial charge in [-0.05, 0) is 24.5 Å². The van der Waals surface area contributed by atoms with E-state index >= 15 is 0 Å². The molecule has 0 unspecified atom stereocenters. The zero-order valence-corrected chi connectivity index (χ0v) is 10.2. The van der Waals surface area contributed by atoms with E-state index in [4.69, 9.17) is 17.3 Å². The minimum atomic E-state index is -2.56. The lowest BCUT2D eigenvalue weighted by molar-refractivity contribution is -0.0509. The lowest BCUT2D eigenvalue weighted by Gasteiger charge is -2.40. The van der Waals surface area contributed by atoms with Gasteiger partial charge in [-0.25, -0.2) is 8.78 Å². The van der Waals surface area contributed by atoms with E-state index in [1.807, 2.05) is 0 Å². The molecule has 94 valence electrons. The van der Waals surface area contributed by atoms with Gasteiger partial charge in [0.25, 0.3) is 0 Å². The van der Waals surface area contributed by atoms with E-state index < -0.39 is 11.3 Å². The summed E-state index contributed by atoms with van der Waals surface area (Å²) in [7, 11) is 0. The Bertz CT molecular complexity index is 399. The van der Waals surface area contributed by atoms with Crippen molar-refractivity contribution >= 4 is 11.6 Å². The summed E-state index contributed by atoms with van der Waals surface area (Å²) in [5.74, 6) is -2.56. The predicted octanol–water partition coefficient (Wildman–Crippen LogP) is 3.14. The van der Waals surface area contributed by atoms with E-state index in [0.29, 0.717) is 24.4 Å². The maximum atomic E-state index is 13.2. The largest absolute Gasteiger partial charge is 0.330 e. The third kappa shape index (κ3) is 2.43. The quantitative estimate of drug-likeness (QED) is 0.887. The Morgan fingerprint density at radius 3 is 2.47 bits per heavy atom. The lowest BCUT2D eigenvalue weighted by atomic mass is 9.68. The van der Waals surface area contributed by atoms with Crippen molar-refractivity contribution in [3.8, 4) is 0 Å². The molecule has 2 rings (SSSR count). The van der Waals surface area contributed by atoms with Gasteiger partial charge in [-0.15, -0.1) is 0 Å². The van der Waals surface area contributed by atoms with Crippen LogP contribution in [0.3, 0.4) is 0 Å². The van der Waals surface area contributed by atoms with E-state index in [1.54, 1.807) is 18.5 Å². The molecule has 1 aliphatic rings. The molecule has 0 aromatic carbocycles. The molecule has 1 heterocycles. The molecule has 1 saturated carbocycles. The number of pyridine rings is 1. The first-order valence-electron chi connectivity index (χ1n) is 5.67. The second-order valence-corrected chi connectivity index (χ2v) is 5.10. The van der Waals surface area contributed by atoms with Gasteiger partial charge in [0.1, 0.15) is 0 Å². The van der Waals surface area contributed by atoms with Gasteiger partial charge in [0.05, 0.1) is 5.02 Å². The van der Waals surface area contributed by atoms with Crippen LogP contribution in [0, 0.1) is 0 Å². The number of nitrogens with two attached hydrogens (primary N) is 1. The number of hydrogen-bond donors (Lipinski definition) is 1. The smallest absolute Gasteiger partial charge is 0.248 e. The molecule has 0 amide bonds. The van der Waals surface area contributed by atoms with Gasteiger partial charge in [0.2, 0.25) is 5.92 Å². The lowest BCUT2D eigenvalue weighted by Crippen LogP contribution is -2.42. The fourth-order valence-electron chi connectivity index (χ4n) is 2.48. The second-order valence-electron chi connectivity index (χ2n) is 4.70. The Kier molecular flexibility index (Phi) is 3.36. The molecule has 0 bridgehead atoms. The third-order valence-corrected chi connectivity index (χ3v) is 3.97. The first kappa shape index (κ1) is 12.7. The molecule has 0 radical (unpaired) electrons. The van der Waals surface area contributed by atoms with E-state index in [9.17, 15) is 8.78 Å². The molecule has 1 aromatic heterocycles. The Morgan fingerprint density at radius 1 is 1.29 bits per heavy atom. The summed E-state index contributed by atoms with van der Waals surface area (Å²) in [5.41, 5.74) is 6.24. The molecule has 0 spiro atoms. The standard InChI is InChI=1S/C12H15ClF2N2/c13-10-7-17-6-1-9(10)11(8-16)2-4-12(14,15)5-3-11/h1,6-7H,2-5,8,16H2. The van der Waals surface area contributed by atoms with Crippen LogP contribution < -0.4 is 5.73 Å². The molecule has 1 aliphatic carbocycles. The summed E-state index contributed by atoms with van der Waals surface area (Å²) in [6, 6.07) is 1.79. The third-order valence-electron chi connectivity index (χ3n) is 3.67. The summed E-state index contributed by atoms with van der Waals surface area (Å²) < 4.78 is 26.4. The van der Waals surface area contributed by atoms with Gasteiger partial charge in [-0.3, -0.25) is 4.98 Å². The number of nitrogens with zero attached hydrogens (tertiary/aromatic N) is 1. The minimum Gasteiger partial charge on any atom is -0.330 e. The van der Waals surface area contributed by atoms with Crippen LogP contribution in [0.5, 0.6) is 0 Å². The van der Waals surface area contributed by atoms with Crippen molar-refractivity contribution in [2.75, 3.05) is 6.54 Å². The number of hydrogen-bond acceptors (Lipinski definition) is 2. The van der Waals surface area contributed by atoms with Gasteiger partial charge in [-0.1, -0.05) is 11.6 Å². The molecule has 0 saturated heterocycles. The molecule has 5 heteroatoms. The normalized spacial score (nSPS) is 22.4. The van der Waals surface area contributed by atoms with Crippen LogP contribution in [-0.2, 0) is 5.41 Å². The molecule has 2 nitrogen and oxygen atoms in total. The number of aromatic nitrogens is 1. The first-order valence-corrected chi connectivity index (χ1v) is 6.05. The zero-order valence-electron chi connectivity index (χ0n) is 9.43. The van der Waals surface area contributed by atoms with Crippen LogP contribution in [0.2, 0.25) is 5.02 Å². The van der Waals surface area contributed by atoms with Crippen molar-refractivity contribution in [1.82, 2.24) is 4.98 Å². The van der Waals surface area contributed by atoms with Crippen LogP contribution in [0.1, 0.15) is 31.2 Å². The molecule has 0 atom stereocenters. The van der Waals surface area contributed by atoms with Crippen LogP contribution in [0.4, 0.5) is 8.78 Å². The van der Waals surface area contributed by atoms with Crippen molar-refractivity contribution < 1.29 is 8.78 Å². The number of rotatable bonds is 2. The summed E-state index contributed by atoms with van der Waals surface area (Å²) in [6.45, 7) is 0.340. The van der Waals surface area contributed by atoms with Gasteiger partial charge >= 0.3 is 0 Å². The summed E-state index contributed by atoms with van der Waals surface area (Å²) in [6.07, 6.45) is 3.68. The van der Waals surface area contributed by atoms with Crippen molar-refractivity contribution in [2.24, 2.45) is 5.73 Å². The summed E-state index contributed by atoms with van der Waals surface area (Å²) >= 11 is 6.09. The Hall–Kier alpha value is -0.740. The zero-order chi connectivity index (χ0) is 12.5. The number of alkyl halides is 2. The monoisotopic (exact) mass is 260 g/mol. The Morgan fingerprint density at radius 2 is 1.94 bits per heavy atom. The molecule has 1 fully saturated rings. The molecular weight excluding hydrogens is 246 g/mol. The van der Waals surface area contributed by atoms with Crippen molar-refractivity contribution in [3.05, 3.63) is 29.0 Å². The minimum absolute atomic E-state index is 0.122. The van der Waals surface area contributed by atoms with Crippen LogP contribution in [-0.4, -0.2) is 17.5 Å². The highest BCUT2D eigenvalue weighted by atomic mass is 35.5. The van der Waals surface area contributed by atoms with E-state index in [2.05, 4.69) is 4.98 Å². The highest BCUT2D eigenvalue weighted by Crippen LogP contribution is 2.46. The van der Waals surface area contributed by atoms with Crippen molar-refractivity contribution in [1.29, 1.82) is 0 Å². The topological polar surface area (TPSA) is 38.9 Å². The molecule has 1 aromatic rings. The molecule has 0 aliphatic heterocycles. The van der Waals surface area contributed by atoms with E-state index in [0.717, 1.165) is 5.56 Å². The summed E-state index contributed by atoms with van der Waals surface area (Å²) in [5, 5.41) is 0.517. The van der Waals surface area contributed by atoms with Gasteiger partial charge in [0, 0.05) is 37.2 Å². The number of halogens is 3. The highest BCUT2D eigenvalue weighted by Gasteiger charge is 2.44. The SMILES string of the molecule is NCC1(c2ccncc2Cl)CCC(F)(F)CC1. The van der Waals surface area contributed by atoms with Crippen molar-refractivity contribution in [2.45, 2.75) is 37.0 Å². The Balaban J connectivity index is 2.31. The maximum absolute atomic E-state index is 13.2. The van der Waals surface area contributed by atoms with Gasteiger partial charge in [0.15, 0.2) is 0 Å². The molecule has 2 N–H and O–H groups in total. The van der Waals surface area contributed by atoms with E-state index in [1.165, 1.54) is 0 Å².